The smallest absolute Gasteiger partial charge is 0.0404 e. The Balaban J connectivity index is 1.87. The zero-order chi connectivity index (χ0) is 15.6. The van der Waals surface area contributed by atoms with Gasteiger partial charge in [0.15, 0.2) is 0 Å². The molecule has 0 saturated carbocycles. The second-order valence-electron chi connectivity index (χ2n) is 6.07. The van der Waals surface area contributed by atoms with Crippen LogP contribution in [0.3, 0.4) is 0 Å². The third-order valence-corrected chi connectivity index (χ3v) is 5.28. The number of hydrogen-bond acceptors (Lipinski definition) is 2. The molecule has 0 fully saturated rings. The summed E-state index contributed by atoms with van der Waals surface area (Å²) in [6.45, 7) is 4.51. The molecule has 0 amide bonds. The van der Waals surface area contributed by atoms with Crippen molar-refractivity contribution in [3.05, 3.63) is 41.0 Å². The van der Waals surface area contributed by atoms with Crippen LogP contribution in [-0.4, -0.2) is 4.98 Å². The number of unbranched alkanes of at least 4 members (excludes halogenated alkanes) is 5. The summed E-state index contributed by atoms with van der Waals surface area (Å²) in [7, 11) is 0. The summed E-state index contributed by atoms with van der Waals surface area (Å²) < 4.78 is 0. The van der Waals surface area contributed by atoms with Crippen LogP contribution in [0.15, 0.2) is 30.5 Å². The fraction of sp³-hybridized carbons (Fsp3) is 0.550. The van der Waals surface area contributed by atoms with Crippen LogP contribution in [0.1, 0.15) is 69.4 Å². The molecule has 0 spiro atoms. The van der Waals surface area contributed by atoms with Gasteiger partial charge in [-0.25, -0.2) is 0 Å². The lowest BCUT2D eigenvalue weighted by Crippen LogP contribution is -1.90. The van der Waals surface area contributed by atoms with Gasteiger partial charge in [-0.15, -0.1) is 11.3 Å². The first-order valence-corrected chi connectivity index (χ1v) is 9.69. The topological polar surface area (TPSA) is 12.9 Å². The van der Waals surface area contributed by atoms with Crippen molar-refractivity contribution in [2.45, 2.75) is 71.6 Å². The molecule has 0 aromatic carbocycles. The highest BCUT2D eigenvalue weighted by Gasteiger charge is 2.04. The molecule has 0 aliphatic carbocycles. The van der Waals surface area contributed by atoms with E-state index in [1.165, 1.54) is 72.4 Å². The highest BCUT2D eigenvalue weighted by Crippen LogP contribution is 2.28. The number of hydrogen-bond donors (Lipinski definition) is 0. The molecule has 0 aliphatic rings. The lowest BCUT2D eigenvalue weighted by atomic mass is 10.1. The van der Waals surface area contributed by atoms with Gasteiger partial charge in [0.05, 0.1) is 0 Å². The molecule has 2 aromatic heterocycles. The van der Waals surface area contributed by atoms with Gasteiger partial charge in [-0.3, -0.25) is 4.98 Å². The van der Waals surface area contributed by atoms with Crippen molar-refractivity contribution >= 4 is 11.3 Å². The first kappa shape index (κ1) is 17.2. The molecular weight excluding hydrogens is 286 g/mol. The van der Waals surface area contributed by atoms with Gasteiger partial charge in [0.1, 0.15) is 0 Å². The van der Waals surface area contributed by atoms with Crippen molar-refractivity contribution in [1.29, 1.82) is 0 Å². The molecule has 120 valence electrons. The highest BCUT2D eigenvalue weighted by molar-refractivity contribution is 7.15. The van der Waals surface area contributed by atoms with Crippen molar-refractivity contribution in [2.24, 2.45) is 0 Å². The van der Waals surface area contributed by atoms with Gasteiger partial charge in [-0.05, 0) is 43.9 Å². The van der Waals surface area contributed by atoms with E-state index in [0.29, 0.717) is 0 Å². The molecule has 2 rings (SSSR count). The van der Waals surface area contributed by atoms with Crippen LogP contribution in [0.4, 0.5) is 0 Å². The number of pyridine rings is 1. The number of aromatic nitrogens is 1. The summed E-state index contributed by atoms with van der Waals surface area (Å²) in [5.41, 5.74) is 2.50. The number of aryl methyl sites for hydroxylation is 2. The third-order valence-electron chi connectivity index (χ3n) is 4.08. The maximum atomic E-state index is 4.64. The van der Waals surface area contributed by atoms with Gasteiger partial charge < -0.3 is 0 Å². The Bertz CT molecular complexity index is 527. The van der Waals surface area contributed by atoms with E-state index < -0.39 is 0 Å². The third kappa shape index (κ3) is 5.57. The summed E-state index contributed by atoms with van der Waals surface area (Å²) in [5.74, 6) is 0. The molecule has 0 N–H and O–H groups in total. The molecule has 0 aliphatic heterocycles. The zero-order valence-corrected chi connectivity index (χ0v) is 14.9. The Hall–Kier alpha value is -1.15. The minimum Gasteiger partial charge on any atom is -0.261 e. The van der Waals surface area contributed by atoms with Gasteiger partial charge in [0, 0.05) is 27.2 Å². The average molecular weight is 316 g/mol. The van der Waals surface area contributed by atoms with Gasteiger partial charge in [0.2, 0.25) is 0 Å². The monoisotopic (exact) mass is 315 g/mol. The lowest BCUT2D eigenvalue weighted by Gasteiger charge is -2.02. The number of thiophene rings is 1. The summed E-state index contributed by atoms with van der Waals surface area (Å²) in [4.78, 5) is 7.51. The molecule has 0 atom stereocenters. The highest BCUT2D eigenvalue weighted by atomic mass is 32.1. The maximum absolute atomic E-state index is 4.64. The van der Waals surface area contributed by atoms with E-state index in [9.17, 15) is 0 Å². The van der Waals surface area contributed by atoms with Gasteiger partial charge in [-0.2, -0.15) is 0 Å². The van der Waals surface area contributed by atoms with Crippen LogP contribution >= 0.6 is 11.3 Å². The summed E-state index contributed by atoms with van der Waals surface area (Å²) in [6.07, 6.45) is 13.6. The van der Waals surface area contributed by atoms with E-state index in [0.717, 1.165) is 6.42 Å². The first-order chi connectivity index (χ1) is 10.8. The predicted octanol–water partition coefficient (Wildman–Crippen LogP) is 6.67. The van der Waals surface area contributed by atoms with Gasteiger partial charge >= 0.3 is 0 Å². The van der Waals surface area contributed by atoms with Crippen LogP contribution in [0, 0.1) is 0 Å². The van der Waals surface area contributed by atoms with Crippen molar-refractivity contribution in [3.63, 3.8) is 0 Å². The molecule has 0 radical (unpaired) electrons. The fourth-order valence-electron chi connectivity index (χ4n) is 2.67. The molecule has 2 aromatic rings. The fourth-order valence-corrected chi connectivity index (χ4v) is 3.71. The van der Waals surface area contributed by atoms with Crippen LogP contribution in [0.25, 0.3) is 10.4 Å². The van der Waals surface area contributed by atoms with Gasteiger partial charge in [0.25, 0.3) is 0 Å². The van der Waals surface area contributed by atoms with E-state index >= 15 is 0 Å². The Morgan fingerprint density at radius 3 is 2.32 bits per heavy atom. The van der Waals surface area contributed by atoms with Crippen LogP contribution in [0.2, 0.25) is 0 Å². The van der Waals surface area contributed by atoms with Crippen LogP contribution in [0.5, 0.6) is 0 Å². The van der Waals surface area contributed by atoms with E-state index in [2.05, 4.69) is 49.3 Å². The van der Waals surface area contributed by atoms with E-state index in [1.54, 1.807) is 0 Å². The van der Waals surface area contributed by atoms with Crippen molar-refractivity contribution in [2.75, 3.05) is 0 Å². The minimum atomic E-state index is 1.12. The quantitative estimate of drug-likeness (QED) is 0.446. The second kappa shape index (κ2) is 9.78. The summed E-state index contributed by atoms with van der Waals surface area (Å²) in [5, 5.41) is 0. The zero-order valence-electron chi connectivity index (χ0n) is 14.1. The molecule has 22 heavy (non-hydrogen) atoms. The molecule has 0 unspecified atom stereocenters. The predicted molar refractivity (Wildman–Crippen MR) is 98.6 cm³/mol. The number of nitrogens with zero attached hydrogens (tertiary/aromatic N) is 1. The maximum Gasteiger partial charge on any atom is 0.0404 e. The van der Waals surface area contributed by atoms with Crippen molar-refractivity contribution < 1.29 is 0 Å². The molecule has 2 heteroatoms. The van der Waals surface area contributed by atoms with Crippen molar-refractivity contribution in [1.82, 2.24) is 4.98 Å². The molecule has 1 nitrogen and oxygen atoms in total. The van der Waals surface area contributed by atoms with Gasteiger partial charge in [-0.1, -0.05) is 52.0 Å². The standard InChI is InChI=1S/C20H29NS/c1-3-5-7-9-10-18-13-12-17(16-21-18)20-15-14-19(22-20)11-8-6-4-2/h12-16H,3-11H2,1-2H3. The summed E-state index contributed by atoms with van der Waals surface area (Å²) in [6, 6.07) is 8.99. The average Bonchev–Trinajstić information content (AvgIpc) is 3.01. The normalized spacial score (nSPS) is 11.0. The second-order valence-corrected chi connectivity index (χ2v) is 7.24. The largest absolute Gasteiger partial charge is 0.261 e. The molecule has 0 saturated heterocycles. The van der Waals surface area contributed by atoms with Crippen molar-refractivity contribution in [3.8, 4) is 10.4 Å². The minimum absolute atomic E-state index is 1.12. The van der Waals surface area contributed by atoms with E-state index in [4.69, 9.17) is 0 Å². The van der Waals surface area contributed by atoms with E-state index in [1.807, 2.05) is 11.3 Å². The first-order valence-electron chi connectivity index (χ1n) is 8.87. The Labute approximate surface area is 139 Å². The van der Waals surface area contributed by atoms with E-state index in [-0.39, 0.29) is 0 Å². The molecule has 0 bridgehead atoms. The molecular formula is C20H29NS. The summed E-state index contributed by atoms with van der Waals surface area (Å²) >= 11 is 1.93. The Morgan fingerprint density at radius 2 is 1.59 bits per heavy atom. The lowest BCUT2D eigenvalue weighted by molar-refractivity contribution is 0.661. The Morgan fingerprint density at radius 1 is 0.818 bits per heavy atom. The SMILES string of the molecule is CCCCCCc1ccc(-c2ccc(CCCCC)s2)cn1. The van der Waals surface area contributed by atoms with Crippen LogP contribution < -0.4 is 0 Å². The number of rotatable bonds is 10. The van der Waals surface area contributed by atoms with Crippen LogP contribution in [-0.2, 0) is 12.8 Å². The molecule has 2 heterocycles. The Kier molecular flexibility index (Phi) is 7.65.